The van der Waals surface area contributed by atoms with Crippen LogP contribution in [0.5, 0.6) is 0 Å². The molecule has 0 aliphatic carbocycles. The van der Waals surface area contributed by atoms with Crippen LogP contribution in [0.2, 0.25) is 0 Å². The second-order valence-electron chi connectivity index (χ2n) is 3.93. The average Bonchev–Trinajstić information content (AvgIpc) is 2.29. The maximum atomic E-state index is 11.3. The lowest BCUT2D eigenvalue weighted by atomic mass is 10.2. The van der Waals surface area contributed by atoms with Gasteiger partial charge in [-0.2, -0.15) is 0 Å². The van der Waals surface area contributed by atoms with Crippen molar-refractivity contribution in [2.75, 3.05) is 29.5 Å². The standard InChI is InChI=1S/C10H14N4O2S/c11-9(12)8-2-1-3-13-10(8)14-4-6-17(15,16)7-5-14/h1-3H,4-7H2,(H3,11,12). The molecule has 0 bridgehead atoms. The molecule has 1 aromatic heterocycles. The molecule has 2 rings (SSSR count). The van der Waals surface area contributed by atoms with Crippen molar-refractivity contribution in [3.8, 4) is 0 Å². The summed E-state index contributed by atoms with van der Waals surface area (Å²) in [6, 6.07) is 3.43. The predicted octanol–water partition coefficient (Wildman–Crippen LogP) is -0.400. The number of nitrogens with two attached hydrogens (primary N) is 1. The zero-order valence-corrected chi connectivity index (χ0v) is 10.1. The third kappa shape index (κ3) is 2.55. The van der Waals surface area contributed by atoms with Crippen molar-refractivity contribution in [1.29, 1.82) is 5.41 Å². The third-order valence-corrected chi connectivity index (χ3v) is 4.33. The summed E-state index contributed by atoms with van der Waals surface area (Å²) in [4.78, 5) is 6.04. The molecule has 3 N–H and O–H groups in total. The van der Waals surface area contributed by atoms with Gasteiger partial charge in [0.25, 0.3) is 0 Å². The van der Waals surface area contributed by atoms with Crippen LogP contribution in [0.15, 0.2) is 18.3 Å². The van der Waals surface area contributed by atoms with Gasteiger partial charge in [-0.25, -0.2) is 13.4 Å². The van der Waals surface area contributed by atoms with Gasteiger partial charge in [-0.1, -0.05) is 0 Å². The lowest BCUT2D eigenvalue weighted by Crippen LogP contribution is -2.41. The predicted molar refractivity (Wildman–Crippen MR) is 66.1 cm³/mol. The molecule has 7 heteroatoms. The Morgan fingerprint density at radius 2 is 2.06 bits per heavy atom. The van der Waals surface area contributed by atoms with Crippen LogP contribution in [-0.4, -0.2) is 43.8 Å². The molecule has 92 valence electrons. The number of aromatic nitrogens is 1. The molecule has 2 heterocycles. The fourth-order valence-corrected chi connectivity index (χ4v) is 2.98. The molecule has 1 fully saturated rings. The molecule has 1 saturated heterocycles. The quantitative estimate of drug-likeness (QED) is 0.552. The number of amidine groups is 1. The SMILES string of the molecule is N=C(N)c1cccnc1N1CCS(=O)(=O)CC1. The van der Waals surface area contributed by atoms with E-state index < -0.39 is 9.84 Å². The average molecular weight is 254 g/mol. The highest BCUT2D eigenvalue weighted by Crippen LogP contribution is 2.18. The molecule has 1 aliphatic heterocycles. The van der Waals surface area contributed by atoms with Crippen LogP contribution in [-0.2, 0) is 9.84 Å². The lowest BCUT2D eigenvalue weighted by molar-refractivity contribution is 0.586. The van der Waals surface area contributed by atoms with Crippen molar-refractivity contribution in [2.24, 2.45) is 5.73 Å². The Morgan fingerprint density at radius 3 is 2.65 bits per heavy atom. The van der Waals surface area contributed by atoms with Gasteiger partial charge >= 0.3 is 0 Å². The molecule has 0 spiro atoms. The summed E-state index contributed by atoms with van der Waals surface area (Å²) >= 11 is 0. The Hall–Kier alpha value is -1.63. The van der Waals surface area contributed by atoms with Crippen LogP contribution in [0.25, 0.3) is 0 Å². The Balaban J connectivity index is 2.27. The molecule has 0 atom stereocenters. The second kappa shape index (κ2) is 4.33. The minimum atomic E-state index is -2.91. The number of nitrogens with zero attached hydrogens (tertiary/aromatic N) is 2. The van der Waals surface area contributed by atoms with E-state index >= 15 is 0 Å². The molecule has 1 aliphatic rings. The molecule has 0 radical (unpaired) electrons. The fourth-order valence-electron chi connectivity index (χ4n) is 1.78. The van der Waals surface area contributed by atoms with Crippen LogP contribution < -0.4 is 10.6 Å². The van der Waals surface area contributed by atoms with E-state index in [1.807, 2.05) is 4.90 Å². The van der Waals surface area contributed by atoms with E-state index in [-0.39, 0.29) is 17.3 Å². The molecule has 0 unspecified atom stereocenters. The zero-order chi connectivity index (χ0) is 12.5. The Bertz CT molecular complexity index is 527. The number of pyridine rings is 1. The molecule has 0 amide bonds. The summed E-state index contributed by atoms with van der Waals surface area (Å²) in [5.41, 5.74) is 6.02. The van der Waals surface area contributed by atoms with Gasteiger partial charge in [0.2, 0.25) is 0 Å². The molecule has 17 heavy (non-hydrogen) atoms. The van der Waals surface area contributed by atoms with Gasteiger partial charge in [0, 0.05) is 19.3 Å². The van der Waals surface area contributed by atoms with E-state index in [2.05, 4.69) is 4.98 Å². The van der Waals surface area contributed by atoms with E-state index in [1.54, 1.807) is 18.3 Å². The molecular formula is C10H14N4O2S. The summed E-state index contributed by atoms with van der Waals surface area (Å²) in [5, 5.41) is 7.47. The maximum Gasteiger partial charge on any atom is 0.153 e. The Morgan fingerprint density at radius 1 is 1.41 bits per heavy atom. The van der Waals surface area contributed by atoms with Crippen molar-refractivity contribution >= 4 is 21.5 Å². The normalized spacial score (nSPS) is 18.9. The van der Waals surface area contributed by atoms with Crippen LogP contribution in [0.1, 0.15) is 5.56 Å². The first kappa shape index (κ1) is 11.8. The van der Waals surface area contributed by atoms with Crippen molar-refractivity contribution in [3.05, 3.63) is 23.9 Å². The molecule has 6 nitrogen and oxygen atoms in total. The molecule has 0 saturated carbocycles. The van der Waals surface area contributed by atoms with E-state index in [9.17, 15) is 8.42 Å². The van der Waals surface area contributed by atoms with Gasteiger partial charge in [0.15, 0.2) is 9.84 Å². The highest BCUT2D eigenvalue weighted by molar-refractivity contribution is 7.91. The van der Waals surface area contributed by atoms with Crippen molar-refractivity contribution in [1.82, 2.24) is 4.98 Å². The van der Waals surface area contributed by atoms with Gasteiger partial charge < -0.3 is 10.6 Å². The number of nitrogens with one attached hydrogen (secondary N) is 1. The van der Waals surface area contributed by atoms with E-state index in [1.165, 1.54) is 0 Å². The van der Waals surface area contributed by atoms with Crippen LogP contribution >= 0.6 is 0 Å². The lowest BCUT2D eigenvalue weighted by Gasteiger charge is -2.28. The highest BCUT2D eigenvalue weighted by Gasteiger charge is 2.24. The summed E-state index contributed by atoms with van der Waals surface area (Å²) < 4.78 is 22.7. The van der Waals surface area contributed by atoms with Crippen LogP contribution in [0, 0.1) is 5.41 Å². The number of sulfone groups is 1. The van der Waals surface area contributed by atoms with Gasteiger partial charge in [0.1, 0.15) is 11.7 Å². The van der Waals surface area contributed by atoms with E-state index in [4.69, 9.17) is 11.1 Å². The molecule has 0 aromatic carbocycles. The fraction of sp³-hybridized carbons (Fsp3) is 0.400. The minimum Gasteiger partial charge on any atom is -0.384 e. The Kier molecular flexibility index (Phi) is 3.01. The monoisotopic (exact) mass is 254 g/mol. The first-order valence-corrected chi connectivity index (χ1v) is 7.06. The maximum absolute atomic E-state index is 11.3. The minimum absolute atomic E-state index is 0.0541. The second-order valence-corrected chi connectivity index (χ2v) is 6.23. The number of hydrogen-bond donors (Lipinski definition) is 2. The first-order chi connectivity index (χ1) is 7.99. The number of hydrogen-bond acceptors (Lipinski definition) is 5. The topological polar surface area (TPSA) is 100 Å². The summed E-state index contributed by atoms with van der Waals surface area (Å²) in [6.07, 6.45) is 1.62. The van der Waals surface area contributed by atoms with Crippen LogP contribution in [0.3, 0.4) is 0 Å². The summed E-state index contributed by atoms with van der Waals surface area (Å²) in [7, 11) is -2.91. The van der Waals surface area contributed by atoms with Crippen molar-refractivity contribution in [3.63, 3.8) is 0 Å². The number of anilines is 1. The zero-order valence-electron chi connectivity index (χ0n) is 9.26. The van der Waals surface area contributed by atoms with Crippen molar-refractivity contribution in [2.45, 2.75) is 0 Å². The smallest absolute Gasteiger partial charge is 0.153 e. The highest BCUT2D eigenvalue weighted by atomic mass is 32.2. The summed E-state index contributed by atoms with van der Waals surface area (Å²) in [5.74, 6) is 0.790. The van der Waals surface area contributed by atoms with E-state index in [0.29, 0.717) is 24.5 Å². The van der Waals surface area contributed by atoms with Gasteiger partial charge in [0.05, 0.1) is 17.1 Å². The largest absolute Gasteiger partial charge is 0.384 e. The van der Waals surface area contributed by atoms with Crippen molar-refractivity contribution < 1.29 is 8.42 Å². The first-order valence-electron chi connectivity index (χ1n) is 5.24. The van der Waals surface area contributed by atoms with Gasteiger partial charge in [-0.15, -0.1) is 0 Å². The third-order valence-electron chi connectivity index (χ3n) is 2.72. The Labute approximate surface area is 99.9 Å². The van der Waals surface area contributed by atoms with E-state index in [0.717, 1.165) is 0 Å². The van der Waals surface area contributed by atoms with Gasteiger partial charge in [-0.05, 0) is 12.1 Å². The number of nitrogen functional groups attached to an aromatic ring is 1. The van der Waals surface area contributed by atoms with Gasteiger partial charge in [-0.3, -0.25) is 5.41 Å². The number of rotatable bonds is 2. The molecular weight excluding hydrogens is 240 g/mol. The molecule has 1 aromatic rings. The summed E-state index contributed by atoms with van der Waals surface area (Å²) in [6.45, 7) is 0.805. The van der Waals surface area contributed by atoms with Crippen LogP contribution in [0.4, 0.5) is 5.82 Å².